The number of amides is 1. The highest BCUT2D eigenvalue weighted by molar-refractivity contribution is 7.98. The third-order valence-electron chi connectivity index (χ3n) is 4.06. The average molecular weight is 307 g/mol. The third-order valence-corrected chi connectivity index (χ3v) is 4.78. The van der Waals surface area contributed by atoms with Crippen molar-refractivity contribution in [3.05, 3.63) is 23.8 Å². The fraction of sp³-hybridized carbons (Fsp3) is 0.562. The van der Waals surface area contributed by atoms with Gasteiger partial charge in [0.05, 0.1) is 0 Å². The van der Waals surface area contributed by atoms with E-state index in [0.717, 1.165) is 35.7 Å². The Morgan fingerprint density at radius 2 is 2.19 bits per heavy atom. The Balaban J connectivity index is 2.22. The van der Waals surface area contributed by atoms with Gasteiger partial charge < -0.3 is 15.5 Å². The van der Waals surface area contributed by atoms with Gasteiger partial charge in [-0.05, 0) is 31.4 Å². The number of nitrogens with one attached hydrogen (secondary N) is 2. The first kappa shape index (κ1) is 16.2. The Bertz CT molecular complexity index is 506. The van der Waals surface area contributed by atoms with Crippen molar-refractivity contribution >= 4 is 29.0 Å². The van der Waals surface area contributed by atoms with Crippen molar-refractivity contribution in [1.82, 2.24) is 5.32 Å². The summed E-state index contributed by atoms with van der Waals surface area (Å²) >= 11 is 1.87. The van der Waals surface area contributed by atoms with Gasteiger partial charge in [-0.3, -0.25) is 4.79 Å². The van der Waals surface area contributed by atoms with Crippen LogP contribution in [0.4, 0.5) is 11.4 Å². The maximum absolute atomic E-state index is 12.0. The minimum atomic E-state index is -0.211. The summed E-state index contributed by atoms with van der Waals surface area (Å²) in [6, 6.07) is 6.58. The van der Waals surface area contributed by atoms with Crippen LogP contribution in [-0.2, 0) is 4.79 Å². The van der Waals surface area contributed by atoms with Gasteiger partial charge in [-0.15, -0.1) is 0 Å². The number of hydrogen-bond donors (Lipinski definition) is 2. The van der Waals surface area contributed by atoms with E-state index in [2.05, 4.69) is 54.0 Å². The van der Waals surface area contributed by atoms with Crippen molar-refractivity contribution in [2.75, 3.05) is 35.8 Å². The largest absolute Gasteiger partial charge is 0.371 e. The van der Waals surface area contributed by atoms with Crippen LogP contribution in [0.5, 0.6) is 0 Å². The molecule has 0 fully saturated rings. The lowest BCUT2D eigenvalue weighted by atomic mass is 10.1. The average Bonchev–Trinajstić information content (AvgIpc) is 2.80. The molecule has 2 unspecified atom stereocenters. The second kappa shape index (κ2) is 7.18. The van der Waals surface area contributed by atoms with Gasteiger partial charge in [0.1, 0.15) is 6.04 Å². The lowest BCUT2D eigenvalue weighted by Crippen LogP contribution is -2.33. The first-order valence-electron chi connectivity index (χ1n) is 7.52. The molecular weight excluding hydrogens is 282 g/mol. The monoisotopic (exact) mass is 307 g/mol. The number of likely N-dealkylation sites (N-methyl/N-ethyl adjacent to an activating group) is 1. The fourth-order valence-corrected chi connectivity index (χ4v) is 3.63. The van der Waals surface area contributed by atoms with Crippen molar-refractivity contribution in [2.45, 2.75) is 32.4 Å². The smallest absolute Gasteiger partial charge is 0.246 e. The predicted octanol–water partition coefficient (Wildman–Crippen LogP) is 2.87. The second-order valence-corrected chi connectivity index (χ2v) is 6.29. The molecular formula is C16H25N3OS. The number of rotatable bonds is 7. The molecule has 1 amide bonds. The molecule has 0 aliphatic carbocycles. The summed E-state index contributed by atoms with van der Waals surface area (Å²) in [7, 11) is 2.13. The molecule has 5 heteroatoms. The molecule has 0 spiro atoms. The summed E-state index contributed by atoms with van der Waals surface area (Å²) in [6.45, 7) is 5.01. The Labute approximate surface area is 131 Å². The zero-order chi connectivity index (χ0) is 15.4. The summed E-state index contributed by atoms with van der Waals surface area (Å²) in [5, 5.41) is 6.21. The molecule has 0 bridgehead atoms. The number of hydrogen-bond acceptors (Lipinski definition) is 4. The molecule has 2 N–H and O–H groups in total. The first-order chi connectivity index (χ1) is 10.1. The van der Waals surface area contributed by atoms with Gasteiger partial charge in [0, 0.05) is 35.8 Å². The summed E-state index contributed by atoms with van der Waals surface area (Å²) < 4.78 is 0. The van der Waals surface area contributed by atoms with E-state index in [0.29, 0.717) is 6.04 Å². The standard InChI is InChI=1S/C16H25N3OS/c1-5-11(10-21-4)19(3)12-7-8-13-14(9-12)18-16(20)15(13)17-6-2/h7-9,11,15,17H,5-6,10H2,1-4H3,(H,18,20). The summed E-state index contributed by atoms with van der Waals surface area (Å²) in [5.74, 6) is 1.15. The summed E-state index contributed by atoms with van der Waals surface area (Å²) in [5.41, 5.74) is 3.15. The van der Waals surface area contributed by atoms with E-state index >= 15 is 0 Å². The van der Waals surface area contributed by atoms with Crippen LogP contribution in [0.25, 0.3) is 0 Å². The highest BCUT2D eigenvalue weighted by Gasteiger charge is 2.30. The molecule has 0 saturated carbocycles. The topological polar surface area (TPSA) is 44.4 Å². The maximum Gasteiger partial charge on any atom is 0.246 e. The van der Waals surface area contributed by atoms with Gasteiger partial charge in [0.15, 0.2) is 0 Å². The Hall–Kier alpha value is -1.20. The van der Waals surface area contributed by atoms with Crippen LogP contribution in [0.15, 0.2) is 18.2 Å². The van der Waals surface area contributed by atoms with E-state index in [9.17, 15) is 4.79 Å². The zero-order valence-electron chi connectivity index (χ0n) is 13.3. The maximum atomic E-state index is 12.0. The van der Waals surface area contributed by atoms with E-state index < -0.39 is 0 Å². The summed E-state index contributed by atoms with van der Waals surface area (Å²) in [4.78, 5) is 14.3. The van der Waals surface area contributed by atoms with Crippen molar-refractivity contribution in [3.8, 4) is 0 Å². The van der Waals surface area contributed by atoms with Crippen LogP contribution in [0.2, 0.25) is 0 Å². The third kappa shape index (κ3) is 3.35. The number of carbonyl (C=O) groups is 1. The van der Waals surface area contributed by atoms with Gasteiger partial charge in [-0.2, -0.15) is 11.8 Å². The van der Waals surface area contributed by atoms with Gasteiger partial charge in [-0.25, -0.2) is 0 Å². The van der Waals surface area contributed by atoms with E-state index in [1.54, 1.807) is 0 Å². The second-order valence-electron chi connectivity index (χ2n) is 5.38. The Morgan fingerprint density at radius 3 is 2.81 bits per heavy atom. The van der Waals surface area contributed by atoms with E-state index in [1.807, 2.05) is 18.7 Å². The quantitative estimate of drug-likeness (QED) is 0.813. The minimum Gasteiger partial charge on any atom is -0.371 e. The predicted molar refractivity (Wildman–Crippen MR) is 92.4 cm³/mol. The Kier molecular flexibility index (Phi) is 5.53. The van der Waals surface area contributed by atoms with Crippen LogP contribution in [0.1, 0.15) is 31.9 Å². The number of carbonyl (C=O) groups excluding carboxylic acids is 1. The van der Waals surface area contributed by atoms with Gasteiger partial charge in [-0.1, -0.05) is 19.9 Å². The molecule has 1 aromatic carbocycles. The van der Waals surface area contributed by atoms with Crippen molar-refractivity contribution < 1.29 is 4.79 Å². The van der Waals surface area contributed by atoms with E-state index in [1.165, 1.54) is 0 Å². The molecule has 116 valence electrons. The van der Waals surface area contributed by atoms with Crippen LogP contribution < -0.4 is 15.5 Å². The van der Waals surface area contributed by atoms with Gasteiger partial charge >= 0.3 is 0 Å². The zero-order valence-corrected chi connectivity index (χ0v) is 14.1. The number of nitrogens with zero attached hydrogens (tertiary/aromatic N) is 1. The normalized spacial score (nSPS) is 18.3. The SMILES string of the molecule is CCNC1C(=O)Nc2cc(N(C)C(CC)CSC)ccc21. The molecule has 0 radical (unpaired) electrons. The summed E-state index contributed by atoms with van der Waals surface area (Å²) in [6.07, 6.45) is 3.25. The number of anilines is 2. The lowest BCUT2D eigenvalue weighted by molar-refractivity contribution is -0.117. The fourth-order valence-electron chi connectivity index (χ4n) is 2.78. The van der Waals surface area contributed by atoms with Crippen LogP contribution in [0.3, 0.4) is 0 Å². The number of thioether (sulfide) groups is 1. The van der Waals surface area contributed by atoms with Crippen molar-refractivity contribution in [1.29, 1.82) is 0 Å². The Morgan fingerprint density at radius 1 is 1.43 bits per heavy atom. The molecule has 4 nitrogen and oxygen atoms in total. The van der Waals surface area contributed by atoms with Crippen LogP contribution in [0, 0.1) is 0 Å². The molecule has 0 saturated heterocycles. The first-order valence-corrected chi connectivity index (χ1v) is 8.91. The van der Waals surface area contributed by atoms with Crippen molar-refractivity contribution in [3.63, 3.8) is 0 Å². The number of benzene rings is 1. The lowest BCUT2D eigenvalue weighted by Gasteiger charge is -2.29. The van der Waals surface area contributed by atoms with E-state index in [4.69, 9.17) is 0 Å². The molecule has 1 aliphatic rings. The molecule has 0 aromatic heterocycles. The van der Waals surface area contributed by atoms with Crippen LogP contribution in [-0.4, -0.2) is 37.6 Å². The minimum absolute atomic E-state index is 0.0443. The molecule has 2 rings (SSSR count). The molecule has 2 atom stereocenters. The highest BCUT2D eigenvalue weighted by atomic mass is 32.2. The molecule has 1 heterocycles. The van der Waals surface area contributed by atoms with Crippen LogP contribution >= 0.6 is 11.8 Å². The van der Waals surface area contributed by atoms with Crippen molar-refractivity contribution in [2.24, 2.45) is 0 Å². The van der Waals surface area contributed by atoms with Gasteiger partial charge in [0.25, 0.3) is 0 Å². The van der Waals surface area contributed by atoms with Gasteiger partial charge in [0.2, 0.25) is 5.91 Å². The van der Waals surface area contributed by atoms with E-state index in [-0.39, 0.29) is 11.9 Å². The molecule has 1 aromatic rings. The number of fused-ring (bicyclic) bond motifs is 1. The highest BCUT2D eigenvalue weighted by Crippen LogP contribution is 2.34. The molecule has 1 aliphatic heterocycles. The molecule has 21 heavy (non-hydrogen) atoms.